The van der Waals surface area contributed by atoms with Gasteiger partial charge < -0.3 is 9.84 Å². The topological polar surface area (TPSA) is 49.8 Å². The molecule has 0 aromatic heterocycles. The minimum Gasteiger partial charge on any atom is -0.480 e. The Morgan fingerprint density at radius 2 is 2.40 bits per heavy atom. The van der Waals surface area contributed by atoms with Crippen LogP contribution in [0.2, 0.25) is 0 Å². The van der Waals surface area contributed by atoms with E-state index in [1.807, 2.05) is 18.7 Å². The van der Waals surface area contributed by atoms with Gasteiger partial charge in [-0.2, -0.15) is 11.8 Å². The van der Waals surface area contributed by atoms with E-state index in [-0.39, 0.29) is 12.1 Å². The predicted octanol–water partition coefficient (Wildman–Crippen LogP) is 0.913. The van der Waals surface area contributed by atoms with E-state index in [0.717, 1.165) is 18.8 Å². The summed E-state index contributed by atoms with van der Waals surface area (Å²) in [5.41, 5.74) is 0. The van der Waals surface area contributed by atoms with Crippen LogP contribution in [-0.4, -0.2) is 59.3 Å². The summed E-state index contributed by atoms with van der Waals surface area (Å²) in [5.74, 6) is 0.995. The first kappa shape index (κ1) is 12.8. The average molecular weight is 233 g/mol. The van der Waals surface area contributed by atoms with Crippen molar-refractivity contribution in [3.8, 4) is 0 Å². The first-order valence-corrected chi connectivity index (χ1v) is 6.43. The van der Waals surface area contributed by atoms with Crippen molar-refractivity contribution in [1.82, 2.24) is 4.90 Å². The van der Waals surface area contributed by atoms with Crippen LogP contribution in [0.25, 0.3) is 0 Å². The lowest BCUT2D eigenvalue weighted by atomic mass is 10.3. The fraction of sp³-hybridized carbons (Fsp3) is 0.900. The lowest BCUT2D eigenvalue weighted by molar-refractivity contribution is -0.142. The van der Waals surface area contributed by atoms with Crippen LogP contribution >= 0.6 is 11.8 Å². The van der Waals surface area contributed by atoms with E-state index < -0.39 is 5.97 Å². The minimum atomic E-state index is -0.716. The molecule has 1 N–H and O–H groups in total. The smallest absolute Gasteiger partial charge is 0.321 e. The Bertz CT molecular complexity index is 211. The summed E-state index contributed by atoms with van der Waals surface area (Å²) in [5, 5.41) is 9.02. The Kier molecular flexibility index (Phi) is 5.42. The zero-order valence-corrected chi connectivity index (χ0v) is 10.1. The van der Waals surface area contributed by atoms with Crippen LogP contribution in [0.3, 0.4) is 0 Å². The molecule has 0 aromatic rings. The third-order valence-electron chi connectivity index (χ3n) is 2.35. The molecule has 1 aliphatic heterocycles. The van der Waals surface area contributed by atoms with Crippen LogP contribution in [0.5, 0.6) is 0 Å². The fourth-order valence-corrected chi connectivity index (χ4v) is 2.65. The third kappa shape index (κ3) is 4.40. The van der Waals surface area contributed by atoms with Gasteiger partial charge in [0, 0.05) is 24.6 Å². The number of thioether (sulfide) groups is 1. The summed E-state index contributed by atoms with van der Waals surface area (Å²) in [7, 11) is 0. The second-order valence-corrected chi connectivity index (χ2v) is 5.03. The van der Waals surface area contributed by atoms with Crippen molar-refractivity contribution in [2.45, 2.75) is 26.0 Å². The van der Waals surface area contributed by atoms with Crippen LogP contribution in [-0.2, 0) is 9.53 Å². The zero-order valence-electron chi connectivity index (χ0n) is 9.31. The highest BCUT2D eigenvalue weighted by Gasteiger charge is 2.28. The van der Waals surface area contributed by atoms with Gasteiger partial charge in [-0.1, -0.05) is 0 Å². The maximum atomic E-state index is 11.0. The normalized spacial score (nSPS) is 23.3. The largest absolute Gasteiger partial charge is 0.480 e. The van der Waals surface area contributed by atoms with Crippen molar-refractivity contribution in [1.29, 1.82) is 0 Å². The molecule has 1 aliphatic rings. The monoisotopic (exact) mass is 233 g/mol. The van der Waals surface area contributed by atoms with Gasteiger partial charge in [0.2, 0.25) is 0 Å². The summed E-state index contributed by atoms with van der Waals surface area (Å²) in [6, 6.07) is -0.334. The Morgan fingerprint density at radius 3 is 3.00 bits per heavy atom. The molecule has 1 atom stereocenters. The number of carbonyl (C=O) groups is 1. The van der Waals surface area contributed by atoms with Crippen molar-refractivity contribution >= 4 is 17.7 Å². The summed E-state index contributed by atoms with van der Waals surface area (Å²) < 4.78 is 5.43. The van der Waals surface area contributed by atoms with Gasteiger partial charge in [-0.15, -0.1) is 0 Å². The van der Waals surface area contributed by atoms with E-state index in [0.29, 0.717) is 12.4 Å². The van der Waals surface area contributed by atoms with E-state index in [4.69, 9.17) is 9.84 Å². The molecule has 1 heterocycles. The highest BCUT2D eigenvalue weighted by atomic mass is 32.2. The molecule has 15 heavy (non-hydrogen) atoms. The van der Waals surface area contributed by atoms with Gasteiger partial charge in [0.25, 0.3) is 0 Å². The number of rotatable bonds is 5. The van der Waals surface area contributed by atoms with E-state index in [9.17, 15) is 4.79 Å². The van der Waals surface area contributed by atoms with Crippen LogP contribution in [0, 0.1) is 0 Å². The summed E-state index contributed by atoms with van der Waals surface area (Å²) in [6.45, 7) is 6.16. The molecule has 5 heteroatoms. The van der Waals surface area contributed by atoms with E-state index in [1.165, 1.54) is 0 Å². The number of ether oxygens (including phenoxy) is 1. The molecule has 1 fully saturated rings. The molecule has 0 aliphatic carbocycles. The minimum absolute atomic E-state index is 0.215. The molecule has 0 saturated carbocycles. The van der Waals surface area contributed by atoms with Gasteiger partial charge in [-0.3, -0.25) is 9.69 Å². The second-order valence-electron chi connectivity index (χ2n) is 3.88. The molecule has 0 spiro atoms. The van der Waals surface area contributed by atoms with Gasteiger partial charge in [0.1, 0.15) is 6.04 Å². The van der Waals surface area contributed by atoms with Gasteiger partial charge in [0.15, 0.2) is 0 Å². The van der Waals surface area contributed by atoms with E-state index >= 15 is 0 Å². The van der Waals surface area contributed by atoms with Gasteiger partial charge in [0.05, 0.1) is 12.7 Å². The predicted molar refractivity (Wildman–Crippen MR) is 61.4 cm³/mol. The van der Waals surface area contributed by atoms with Crippen LogP contribution < -0.4 is 0 Å². The summed E-state index contributed by atoms with van der Waals surface area (Å²) in [4.78, 5) is 13.0. The lowest BCUT2D eigenvalue weighted by Crippen LogP contribution is -2.48. The first-order valence-electron chi connectivity index (χ1n) is 5.27. The zero-order chi connectivity index (χ0) is 11.3. The molecule has 4 nitrogen and oxygen atoms in total. The quantitative estimate of drug-likeness (QED) is 0.765. The van der Waals surface area contributed by atoms with Crippen molar-refractivity contribution in [2.24, 2.45) is 0 Å². The summed E-state index contributed by atoms with van der Waals surface area (Å²) in [6.07, 6.45) is 0.215. The first-order chi connectivity index (χ1) is 7.11. The van der Waals surface area contributed by atoms with E-state index in [1.54, 1.807) is 11.8 Å². The molecular weight excluding hydrogens is 214 g/mol. The molecule has 0 amide bonds. The number of carboxylic acid groups (broad SMARTS) is 1. The molecule has 1 saturated heterocycles. The van der Waals surface area contributed by atoms with Crippen molar-refractivity contribution in [3.63, 3.8) is 0 Å². The van der Waals surface area contributed by atoms with Crippen molar-refractivity contribution < 1.29 is 14.6 Å². The number of aliphatic carboxylic acids is 1. The third-order valence-corrected chi connectivity index (χ3v) is 3.38. The molecular formula is C10H19NO3S. The number of hydrogen-bond donors (Lipinski definition) is 1. The molecule has 0 bridgehead atoms. The molecule has 0 aromatic carbocycles. The number of carboxylic acids is 1. The molecule has 1 unspecified atom stereocenters. The van der Waals surface area contributed by atoms with Gasteiger partial charge >= 0.3 is 5.97 Å². The lowest BCUT2D eigenvalue weighted by Gasteiger charge is -2.32. The fourth-order valence-electron chi connectivity index (χ4n) is 1.54. The van der Waals surface area contributed by atoms with Crippen LogP contribution in [0.1, 0.15) is 13.8 Å². The molecule has 1 rings (SSSR count). The van der Waals surface area contributed by atoms with Gasteiger partial charge in [-0.25, -0.2) is 0 Å². The Hall–Kier alpha value is -0.260. The van der Waals surface area contributed by atoms with E-state index in [2.05, 4.69) is 0 Å². The highest BCUT2D eigenvalue weighted by molar-refractivity contribution is 7.99. The standard InChI is InChI=1S/C10H19NO3S/c1-8(2)14-5-3-11-4-6-15-7-9(11)10(12)13/h8-9H,3-7H2,1-2H3,(H,12,13). The molecule has 88 valence electrons. The van der Waals surface area contributed by atoms with Crippen molar-refractivity contribution in [2.75, 3.05) is 31.2 Å². The van der Waals surface area contributed by atoms with Crippen LogP contribution in [0.4, 0.5) is 0 Å². The SMILES string of the molecule is CC(C)OCCN1CCSCC1C(=O)O. The maximum Gasteiger partial charge on any atom is 0.321 e. The molecule has 0 radical (unpaired) electrons. The number of nitrogens with zero attached hydrogens (tertiary/aromatic N) is 1. The van der Waals surface area contributed by atoms with Crippen molar-refractivity contribution in [3.05, 3.63) is 0 Å². The maximum absolute atomic E-state index is 11.0. The number of hydrogen-bond acceptors (Lipinski definition) is 4. The Labute approximate surface area is 95.0 Å². The second kappa shape index (κ2) is 6.35. The van der Waals surface area contributed by atoms with Gasteiger partial charge in [-0.05, 0) is 13.8 Å². The summed E-state index contributed by atoms with van der Waals surface area (Å²) >= 11 is 1.71. The average Bonchev–Trinajstić information content (AvgIpc) is 2.17. The highest BCUT2D eigenvalue weighted by Crippen LogP contribution is 2.16. The Balaban J connectivity index is 2.33. The van der Waals surface area contributed by atoms with Crippen LogP contribution in [0.15, 0.2) is 0 Å². The Morgan fingerprint density at radius 1 is 1.67 bits per heavy atom.